The van der Waals surface area contributed by atoms with E-state index in [1.54, 1.807) is 37.3 Å². The molecule has 0 aliphatic carbocycles. The molecule has 1 aromatic carbocycles. The van der Waals surface area contributed by atoms with Crippen molar-refractivity contribution < 1.29 is 23.5 Å². The van der Waals surface area contributed by atoms with Gasteiger partial charge in [0.2, 0.25) is 5.76 Å². The average Bonchev–Trinajstić information content (AvgIpc) is 2.96. The van der Waals surface area contributed by atoms with E-state index >= 15 is 0 Å². The summed E-state index contributed by atoms with van der Waals surface area (Å²) in [6, 6.07) is 10.1. The van der Waals surface area contributed by atoms with E-state index in [1.165, 1.54) is 13.0 Å². The third-order valence-electron chi connectivity index (χ3n) is 3.03. The first-order valence-electron chi connectivity index (χ1n) is 7.30. The Labute approximate surface area is 134 Å². The summed E-state index contributed by atoms with van der Waals surface area (Å²) in [5, 5.41) is 2.67. The smallest absolute Gasteiger partial charge is 0.375 e. The van der Waals surface area contributed by atoms with Crippen molar-refractivity contribution in [1.82, 2.24) is 0 Å². The van der Waals surface area contributed by atoms with Crippen LogP contribution in [-0.4, -0.2) is 24.6 Å². The predicted octanol–water partition coefficient (Wildman–Crippen LogP) is 3.17. The Kier molecular flexibility index (Phi) is 5.41. The number of hydrogen-bond acceptors (Lipinski definition) is 5. The molecule has 122 valence electrons. The fraction of sp³-hybridized carbons (Fsp3) is 0.294. The van der Waals surface area contributed by atoms with Crippen LogP contribution in [0.3, 0.4) is 0 Å². The van der Waals surface area contributed by atoms with Gasteiger partial charge in [-0.15, -0.1) is 0 Å². The minimum atomic E-state index is -0.945. The summed E-state index contributed by atoms with van der Waals surface area (Å²) in [5.41, 5.74) is 0.593. The molecule has 6 heteroatoms. The van der Waals surface area contributed by atoms with Gasteiger partial charge in [-0.25, -0.2) is 4.79 Å². The second kappa shape index (κ2) is 7.49. The molecule has 1 heterocycles. The van der Waals surface area contributed by atoms with Crippen molar-refractivity contribution in [2.45, 2.75) is 26.9 Å². The van der Waals surface area contributed by atoms with Crippen LogP contribution in [0.15, 0.2) is 40.8 Å². The van der Waals surface area contributed by atoms with Crippen LogP contribution in [0.4, 0.5) is 5.69 Å². The molecule has 0 fully saturated rings. The van der Waals surface area contributed by atoms with E-state index in [1.807, 2.05) is 6.92 Å². The number of hydrogen-bond donors (Lipinski definition) is 1. The number of nitrogens with one attached hydrogen (secondary N) is 1. The van der Waals surface area contributed by atoms with Crippen LogP contribution in [0.25, 0.3) is 0 Å². The molecule has 23 heavy (non-hydrogen) atoms. The molecule has 2 aromatic rings. The topological polar surface area (TPSA) is 77.8 Å². The van der Waals surface area contributed by atoms with Gasteiger partial charge in [0.15, 0.2) is 6.10 Å². The molecule has 6 nitrogen and oxygen atoms in total. The molecule has 2 rings (SSSR count). The lowest BCUT2D eigenvalue weighted by molar-refractivity contribution is -0.123. The lowest BCUT2D eigenvalue weighted by Crippen LogP contribution is -2.29. The zero-order valence-corrected chi connectivity index (χ0v) is 13.3. The van der Waals surface area contributed by atoms with Crippen LogP contribution < -0.4 is 10.1 Å². The van der Waals surface area contributed by atoms with E-state index in [4.69, 9.17) is 13.9 Å². The monoisotopic (exact) mass is 317 g/mol. The lowest BCUT2D eigenvalue weighted by atomic mass is 10.3. The van der Waals surface area contributed by atoms with Crippen LogP contribution in [0, 0.1) is 6.92 Å². The van der Waals surface area contributed by atoms with Gasteiger partial charge < -0.3 is 19.2 Å². The van der Waals surface area contributed by atoms with Gasteiger partial charge in [-0.2, -0.15) is 0 Å². The number of amides is 1. The standard InChI is InChI=1S/C17H19NO5/c1-4-21-14-8-6-13(7-9-14)18-16(19)12(3)23-17(20)15-10-5-11(2)22-15/h5-10,12H,4H2,1-3H3,(H,18,19). The van der Waals surface area contributed by atoms with Gasteiger partial charge in [0, 0.05) is 5.69 Å². The highest BCUT2D eigenvalue weighted by molar-refractivity contribution is 5.96. The van der Waals surface area contributed by atoms with Crippen LogP contribution >= 0.6 is 0 Å². The van der Waals surface area contributed by atoms with E-state index in [0.717, 1.165) is 5.75 Å². The van der Waals surface area contributed by atoms with Gasteiger partial charge in [0.1, 0.15) is 11.5 Å². The molecular weight excluding hydrogens is 298 g/mol. The normalized spacial score (nSPS) is 11.6. The van der Waals surface area contributed by atoms with Gasteiger partial charge in [-0.3, -0.25) is 4.79 Å². The first-order valence-corrected chi connectivity index (χ1v) is 7.30. The maximum atomic E-state index is 12.0. The highest BCUT2D eigenvalue weighted by atomic mass is 16.6. The molecular formula is C17H19NO5. The van der Waals surface area contributed by atoms with Crippen molar-refractivity contribution >= 4 is 17.6 Å². The maximum absolute atomic E-state index is 12.0. The molecule has 0 saturated heterocycles. The minimum Gasteiger partial charge on any atom is -0.494 e. The van der Waals surface area contributed by atoms with E-state index in [0.29, 0.717) is 18.1 Å². The minimum absolute atomic E-state index is 0.0724. The molecule has 0 saturated carbocycles. The fourth-order valence-electron chi connectivity index (χ4n) is 1.86. The molecule has 1 amide bonds. The largest absolute Gasteiger partial charge is 0.494 e. The fourth-order valence-corrected chi connectivity index (χ4v) is 1.86. The van der Waals surface area contributed by atoms with Gasteiger partial charge in [0.05, 0.1) is 6.61 Å². The van der Waals surface area contributed by atoms with Crippen LogP contribution in [-0.2, 0) is 9.53 Å². The quantitative estimate of drug-likeness (QED) is 0.828. The Morgan fingerprint density at radius 1 is 1.17 bits per heavy atom. The summed E-state index contributed by atoms with van der Waals surface area (Å²) in [6.07, 6.45) is -0.945. The highest BCUT2D eigenvalue weighted by Gasteiger charge is 2.21. The highest BCUT2D eigenvalue weighted by Crippen LogP contribution is 2.16. The summed E-state index contributed by atoms with van der Waals surface area (Å²) in [7, 11) is 0. The second-order valence-corrected chi connectivity index (χ2v) is 4.90. The first-order chi connectivity index (χ1) is 11.0. The summed E-state index contributed by atoms with van der Waals surface area (Å²) in [6.45, 7) is 5.69. The van der Waals surface area contributed by atoms with Gasteiger partial charge in [-0.1, -0.05) is 0 Å². The van der Waals surface area contributed by atoms with Crippen molar-refractivity contribution in [3.8, 4) is 5.75 Å². The summed E-state index contributed by atoms with van der Waals surface area (Å²) >= 11 is 0. The Morgan fingerprint density at radius 2 is 1.87 bits per heavy atom. The van der Waals surface area contributed by atoms with Crippen LogP contribution in [0.5, 0.6) is 5.75 Å². The third-order valence-corrected chi connectivity index (χ3v) is 3.03. The SMILES string of the molecule is CCOc1ccc(NC(=O)C(C)OC(=O)c2ccc(C)o2)cc1. The third kappa shape index (κ3) is 4.60. The Hall–Kier alpha value is -2.76. The number of furan rings is 1. The zero-order chi connectivity index (χ0) is 16.8. The maximum Gasteiger partial charge on any atom is 0.375 e. The molecule has 0 bridgehead atoms. The first kappa shape index (κ1) is 16.6. The molecule has 1 aromatic heterocycles. The molecule has 0 aliphatic heterocycles. The number of aryl methyl sites for hydroxylation is 1. The molecule has 1 unspecified atom stereocenters. The predicted molar refractivity (Wildman–Crippen MR) is 84.6 cm³/mol. The number of rotatable bonds is 6. The van der Waals surface area contributed by atoms with Crippen molar-refractivity contribution in [2.75, 3.05) is 11.9 Å². The molecule has 0 aliphatic rings. The van der Waals surface area contributed by atoms with Crippen LogP contribution in [0.2, 0.25) is 0 Å². The van der Waals surface area contributed by atoms with Gasteiger partial charge >= 0.3 is 5.97 Å². The summed E-state index contributed by atoms with van der Waals surface area (Å²) < 4.78 is 15.6. The van der Waals surface area contributed by atoms with E-state index in [-0.39, 0.29) is 5.76 Å². The summed E-state index contributed by atoms with van der Waals surface area (Å²) in [4.78, 5) is 23.9. The van der Waals surface area contributed by atoms with Crippen molar-refractivity contribution in [3.63, 3.8) is 0 Å². The number of benzene rings is 1. The number of esters is 1. The molecule has 1 N–H and O–H groups in total. The van der Waals surface area contributed by atoms with E-state index in [9.17, 15) is 9.59 Å². The second-order valence-electron chi connectivity index (χ2n) is 4.90. The summed E-state index contributed by atoms with van der Waals surface area (Å²) in [5.74, 6) is 0.294. The Morgan fingerprint density at radius 3 is 2.43 bits per heavy atom. The number of carbonyl (C=O) groups excluding carboxylic acids is 2. The Balaban J connectivity index is 1.90. The molecule has 1 atom stereocenters. The van der Waals surface area contributed by atoms with E-state index < -0.39 is 18.0 Å². The van der Waals surface area contributed by atoms with Crippen LogP contribution in [0.1, 0.15) is 30.2 Å². The van der Waals surface area contributed by atoms with Crippen molar-refractivity contribution in [1.29, 1.82) is 0 Å². The van der Waals surface area contributed by atoms with Gasteiger partial charge in [-0.05, 0) is 57.2 Å². The average molecular weight is 317 g/mol. The number of carbonyl (C=O) groups is 2. The van der Waals surface area contributed by atoms with Crippen molar-refractivity contribution in [3.05, 3.63) is 47.9 Å². The lowest BCUT2D eigenvalue weighted by Gasteiger charge is -2.13. The Bertz CT molecular complexity index is 675. The molecule has 0 radical (unpaired) electrons. The number of anilines is 1. The van der Waals surface area contributed by atoms with Crippen molar-refractivity contribution in [2.24, 2.45) is 0 Å². The van der Waals surface area contributed by atoms with E-state index in [2.05, 4.69) is 5.32 Å². The molecule has 0 spiro atoms. The zero-order valence-electron chi connectivity index (χ0n) is 13.3. The number of ether oxygens (including phenoxy) is 2. The van der Waals surface area contributed by atoms with Gasteiger partial charge in [0.25, 0.3) is 5.91 Å².